The number of rotatable bonds is 1. The minimum atomic E-state index is -4.30. The maximum atomic E-state index is 12.4. The Bertz CT molecular complexity index is 371. The van der Waals surface area contributed by atoms with E-state index >= 15 is 0 Å². The highest BCUT2D eigenvalue weighted by molar-refractivity contribution is 6.31. The van der Waals surface area contributed by atoms with Gasteiger partial charge in [0.25, 0.3) is 0 Å². The summed E-state index contributed by atoms with van der Waals surface area (Å²) in [7, 11) is 0. The molecule has 0 unspecified atom stereocenters. The maximum Gasteiger partial charge on any atom is 0.416 e. The average molecular weight is 236 g/mol. The molecule has 1 aliphatic rings. The third kappa shape index (κ3) is 2.11. The second-order valence-electron chi connectivity index (χ2n) is 3.59. The highest BCUT2D eigenvalue weighted by atomic mass is 35.5. The number of alkyl halides is 3. The molecule has 0 aliphatic carbocycles. The number of benzene rings is 1. The largest absolute Gasteiger partial charge is 0.416 e. The molecule has 1 aromatic rings. The SMILES string of the molecule is FC(F)(F)c1ccc(Cl)c(C2CNC2)c1. The fraction of sp³-hybridized carbons (Fsp3) is 0.400. The quantitative estimate of drug-likeness (QED) is 0.789. The van der Waals surface area contributed by atoms with Crippen molar-refractivity contribution in [2.45, 2.75) is 12.1 Å². The summed E-state index contributed by atoms with van der Waals surface area (Å²) in [4.78, 5) is 0. The Morgan fingerprint density at radius 2 is 1.93 bits per heavy atom. The van der Waals surface area contributed by atoms with E-state index in [0.29, 0.717) is 23.7 Å². The fourth-order valence-electron chi connectivity index (χ4n) is 1.54. The van der Waals surface area contributed by atoms with Crippen LogP contribution < -0.4 is 5.32 Å². The predicted molar refractivity (Wildman–Crippen MR) is 52.1 cm³/mol. The van der Waals surface area contributed by atoms with E-state index in [-0.39, 0.29) is 5.92 Å². The van der Waals surface area contributed by atoms with Crippen LogP contribution in [0.1, 0.15) is 17.0 Å². The molecule has 1 saturated heterocycles. The van der Waals surface area contributed by atoms with E-state index in [1.54, 1.807) is 0 Å². The van der Waals surface area contributed by atoms with Crippen molar-refractivity contribution in [2.75, 3.05) is 13.1 Å². The molecule has 1 N–H and O–H groups in total. The maximum absolute atomic E-state index is 12.4. The van der Waals surface area contributed by atoms with Gasteiger partial charge in [-0.1, -0.05) is 11.6 Å². The molecule has 82 valence electrons. The minimum Gasteiger partial charge on any atom is -0.315 e. The first-order valence-electron chi connectivity index (χ1n) is 4.56. The van der Waals surface area contributed by atoms with Crippen molar-refractivity contribution in [2.24, 2.45) is 0 Å². The third-order valence-corrected chi connectivity index (χ3v) is 2.89. The molecular formula is C10H9ClF3N. The van der Waals surface area contributed by atoms with Crippen LogP contribution in [0.15, 0.2) is 18.2 Å². The topological polar surface area (TPSA) is 12.0 Å². The zero-order chi connectivity index (χ0) is 11.1. The molecule has 1 fully saturated rings. The van der Waals surface area contributed by atoms with Crippen molar-refractivity contribution >= 4 is 11.6 Å². The van der Waals surface area contributed by atoms with Crippen LogP contribution in [0.5, 0.6) is 0 Å². The molecule has 0 aromatic heterocycles. The van der Waals surface area contributed by atoms with Crippen LogP contribution in [0.4, 0.5) is 13.2 Å². The molecule has 0 amide bonds. The molecule has 0 saturated carbocycles. The Hall–Kier alpha value is -0.740. The Labute approximate surface area is 90.2 Å². The fourth-order valence-corrected chi connectivity index (χ4v) is 1.81. The Morgan fingerprint density at radius 1 is 1.27 bits per heavy atom. The van der Waals surface area contributed by atoms with Gasteiger partial charge in [0.1, 0.15) is 0 Å². The van der Waals surface area contributed by atoms with Gasteiger partial charge in [0, 0.05) is 24.0 Å². The summed E-state index contributed by atoms with van der Waals surface area (Å²) in [6, 6.07) is 3.48. The lowest BCUT2D eigenvalue weighted by Crippen LogP contribution is -2.40. The number of hydrogen-bond donors (Lipinski definition) is 1. The smallest absolute Gasteiger partial charge is 0.315 e. The summed E-state index contributed by atoms with van der Waals surface area (Å²) >= 11 is 5.86. The van der Waals surface area contributed by atoms with Crippen molar-refractivity contribution in [3.63, 3.8) is 0 Å². The standard InChI is InChI=1S/C10H9ClF3N/c11-9-2-1-7(10(12,13)14)3-8(9)6-4-15-5-6/h1-3,6,15H,4-5H2. The Balaban J connectivity index is 2.36. The molecule has 0 bridgehead atoms. The summed E-state index contributed by atoms with van der Waals surface area (Å²) in [5.74, 6) is 0.111. The van der Waals surface area contributed by atoms with Crippen LogP contribution in [0.2, 0.25) is 5.02 Å². The molecule has 1 aliphatic heterocycles. The van der Waals surface area contributed by atoms with E-state index in [0.717, 1.165) is 12.1 Å². The van der Waals surface area contributed by atoms with Crippen molar-refractivity contribution < 1.29 is 13.2 Å². The van der Waals surface area contributed by atoms with Gasteiger partial charge in [0.2, 0.25) is 0 Å². The first kappa shape index (κ1) is 10.8. The van der Waals surface area contributed by atoms with Crippen molar-refractivity contribution in [3.8, 4) is 0 Å². The molecule has 1 aromatic carbocycles. The summed E-state index contributed by atoms with van der Waals surface area (Å²) < 4.78 is 37.3. The summed E-state index contributed by atoms with van der Waals surface area (Å²) in [6.45, 7) is 1.39. The van der Waals surface area contributed by atoms with E-state index < -0.39 is 11.7 Å². The van der Waals surface area contributed by atoms with E-state index in [1.807, 2.05) is 0 Å². The van der Waals surface area contributed by atoms with Crippen LogP contribution in [-0.2, 0) is 6.18 Å². The van der Waals surface area contributed by atoms with E-state index in [1.165, 1.54) is 6.07 Å². The highest BCUT2D eigenvalue weighted by Crippen LogP contribution is 2.35. The van der Waals surface area contributed by atoms with Gasteiger partial charge in [0.15, 0.2) is 0 Å². The van der Waals surface area contributed by atoms with Crippen LogP contribution >= 0.6 is 11.6 Å². The second-order valence-corrected chi connectivity index (χ2v) is 4.00. The van der Waals surface area contributed by atoms with Crippen LogP contribution in [0, 0.1) is 0 Å². The Kier molecular flexibility index (Phi) is 2.64. The summed E-state index contributed by atoms with van der Waals surface area (Å²) in [5.41, 5.74) is -0.0426. The zero-order valence-corrected chi connectivity index (χ0v) is 8.49. The minimum absolute atomic E-state index is 0.111. The normalized spacial score (nSPS) is 17.6. The molecule has 0 atom stereocenters. The van der Waals surface area contributed by atoms with Gasteiger partial charge in [-0.15, -0.1) is 0 Å². The zero-order valence-electron chi connectivity index (χ0n) is 7.74. The lowest BCUT2D eigenvalue weighted by molar-refractivity contribution is -0.137. The molecule has 0 spiro atoms. The van der Waals surface area contributed by atoms with Gasteiger partial charge in [-0.25, -0.2) is 0 Å². The summed E-state index contributed by atoms with van der Waals surface area (Å²) in [6.07, 6.45) is -4.30. The lowest BCUT2D eigenvalue weighted by Gasteiger charge is -2.28. The first-order chi connectivity index (χ1) is 6.98. The van der Waals surface area contributed by atoms with E-state index in [9.17, 15) is 13.2 Å². The number of hydrogen-bond acceptors (Lipinski definition) is 1. The molecule has 1 nitrogen and oxygen atoms in total. The molecule has 2 rings (SSSR count). The molecule has 15 heavy (non-hydrogen) atoms. The molecule has 0 radical (unpaired) electrons. The number of halogens is 4. The van der Waals surface area contributed by atoms with Crippen LogP contribution in [-0.4, -0.2) is 13.1 Å². The van der Waals surface area contributed by atoms with Crippen molar-refractivity contribution in [3.05, 3.63) is 34.3 Å². The van der Waals surface area contributed by atoms with Gasteiger partial charge in [-0.3, -0.25) is 0 Å². The molecule has 5 heteroatoms. The first-order valence-corrected chi connectivity index (χ1v) is 4.93. The van der Waals surface area contributed by atoms with Crippen molar-refractivity contribution in [1.82, 2.24) is 5.32 Å². The molecular weight excluding hydrogens is 227 g/mol. The van der Waals surface area contributed by atoms with Gasteiger partial charge in [-0.05, 0) is 23.8 Å². The Morgan fingerprint density at radius 3 is 2.40 bits per heavy atom. The van der Waals surface area contributed by atoms with Gasteiger partial charge in [-0.2, -0.15) is 13.2 Å². The lowest BCUT2D eigenvalue weighted by atomic mass is 9.92. The van der Waals surface area contributed by atoms with E-state index in [2.05, 4.69) is 5.32 Å². The van der Waals surface area contributed by atoms with Crippen LogP contribution in [0.3, 0.4) is 0 Å². The number of nitrogens with one attached hydrogen (secondary N) is 1. The summed E-state index contributed by atoms with van der Waals surface area (Å²) in [5, 5.41) is 3.42. The van der Waals surface area contributed by atoms with E-state index in [4.69, 9.17) is 11.6 Å². The average Bonchev–Trinajstić information content (AvgIpc) is 2.03. The van der Waals surface area contributed by atoms with Crippen molar-refractivity contribution in [1.29, 1.82) is 0 Å². The third-order valence-electron chi connectivity index (χ3n) is 2.54. The predicted octanol–water partition coefficient (Wildman–Crippen LogP) is 3.05. The molecule has 1 heterocycles. The van der Waals surface area contributed by atoms with Gasteiger partial charge < -0.3 is 5.32 Å². The van der Waals surface area contributed by atoms with Gasteiger partial charge >= 0.3 is 6.18 Å². The monoisotopic (exact) mass is 235 g/mol. The van der Waals surface area contributed by atoms with Gasteiger partial charge in [0.05, 0.1) is 5.56 Å². The second kappa shape index (κ2) is 3.68. The van der Waals surface area contributed by atoms with Crippen LogP contribution in [0.25, 0.3) is 0 Å². The highest BCUT2D eigenvalue weighted by Gasteiger charge is 2.32.